The molecule has 0 radical (unpaired) electrons. The number of rotatable bonds is 5. The monoisotopic (exact) mass is 226 g/mol. The topological polar surface area (TPSA) is 18.5 Å². The molecule has 0 N–H and O–H groups in total. The van der Waals surface area contributed by atoms with Crippen molar-refractivity contribution < 1.29 is 9.47 Å². The van der Waals surface area contributed by atoms with Crippen molar-refractivity contribution in [2.45, 2.75) is 31.4 Å². The smallest absolute Gasteiger partial charge is 0.163 e. The fraction of sp³-hybridized carbons (Fsp3) is 1.00. The zero-order chi connectivity index (χ0) is 10.1. The Balaban J connectivity index is 2.47. The van der Waals surface area contributed by atoms with Crippen molar-refractivity contribution in [3.05, 3.63) is 0 Å². The molecule has 1 fully saturated rings. The van der Waals surface area contributed by atoms with Gasteiger partial charge in [0.05, 0.1) is 0 Å². The fourth-order valence-electron chi connectivity index (χ4n) is 1.51. The van der Waals surface area contributed by atoms with Gasteiger partial charge in [0.1, 0.15) is 4.33 Å². The van der Waals surface area contributed by atoms with Crippen LogP contribution in [-0.4, -0.2) is 23.8 Å². The fourth-order valence-corrected chi connectivity index (χ4v) is 2.24. The van der Waals surface area contributed by atoms with Crippen molar-refractivity contribution in [3.8, 4) is 0 Å². The zero-order valence-corrected chi connectivity index (χ0v) is 9.73. The van der Waals surface area contributed by atoms with Crippen molar-refractivity contribution in [1.29, 1.82) is 0 Å². The second kappa shape index (κ2) is 4.35. The van der Waals surface area contributed by atoms with Crippen LogP contribution in [0, 0.1) is 11.8 Å². The van der Waals surface area contributed by atoms with Crippen LogP contribution in [0.2, 0.25) is 0 Å². The number of hydrogen-bond donors (Lipinski definition) is 0. The molecule has 13 heavy (non-hydrogen) atoms. The van der Waals surface area contributed by atoms with E-state index in [1.807, 2.05) is 20.8 Å². The van der Waals surface area contributed by atoms with E-state index in [4.69, 9.17) is 32.7 Å². The van der Waals surface area contributed by atoms with Crippen LogP contribution in [0.15, 0.2) is 0 Å². The van der Waals surface area contributed by atoms with Crippen molar-refractivity contribution in [1.82, 2.24) is 0 Å². The molecule has 1 saturated carbocycles. The third-order valence-corrected chi connectivity index (χ3v) is 3.63. The molecule has 0 aliphatic heterocycles. The Morgan fingerprint density at radius 2 is 1.62 bits per heavy atom. The lowest BCUT2D eigenvalue weighted by Crippen LogP contribution is -2.22. The highest BCUT2D eigenvalue weighted by atomic mass is 35.5. The summed E-state index contributed by atoms with van der Waals surface area (Å²) < 4.78 is 10.2. The molecule has 0 amide bonds. The average molecular weight is 227 g/mol. The third kappa shape index (κ3) is 2.30. The second-order valence-corrected chi connectivity index (χ2v) is 4.71. The maximum atomic E-state index is 6.03. The van der Waals surface area contributed by atoms with Crippen molar-refractivity contribution in [3.63, 3.8) is 0 Å². The van der Waals surface area contributed by atoms with Crippen LogP contribution in [0.5, 0.6) is 0 Å². The lowest BCUT2D eigenvalue weighted by Gasteiger charge is -2.16. The van der Waals surface area contributed by atoms with Gasteiger partial charge in [0.25, 0.3) is 0 Å². The van der Waals surface area contributed by atoms with Crippen molar-refractivity contribution in [2.75, 3.05) is 13.2 Å². The molecule has 0 heterocycles. The van der Waals surface area contributed by atoms with Crippen LogP contribution in [0.4, 0.5) is 0 Å². The molecule has 0 aromatic carbocycles. The molecule has 0 bridgehead atoms. The number of alkyl halides is 2. The summed E-state index contributed by atoms with van der Waals surface area (Å²) in [5, 5.41) is 0. The molecule has 2 atom stereocenters. The molecule has 0 aromatic rings. The number of halogens is 2. The first kappa shape index (κ1) is 11.6. The van der Waals surface area contributed by atoms with Gasteiger partial charge in [-0.2, -0.15) is 0 Å². The van der Waals surface area contributed by atoms with E-state index < -0.39 is 4.33 Å². The minimum absolute atomic E-state index is 0.107. The summed E-state index contributed by atoms with van der Waals surface area (Å²) in [6.45, 7) is 7.12. The minimum Gasteiger partial charge on any atom is -0.353 e. The van der Waals surface area contributed by atoms with Gasteiger partial charge >= 0.3 is 0 Å². The average Bonchev–Trinajstić information content (AvgIpc) is 2.52. The summed E-state index contributed by atoms with van der Waals surface area (Å²) in [5.41, 5.74) is 0. The highest BCUT2D eigenvalue weighted by Gasteiger charge is 2.64. The van der Waals surface area contributed by atoms with E-state index in [0.717, 1.165) is 0 Å². The highest BCUT2D eigenvalue weighted by molar-refractivity contribution is 6.51. The first-order valence-electron chi connectivity index (χ1n) is 4.66. The molecule has 0 spiro atoms. The lowest BCUT2D eigenvalue weighted by molar-refractivity contribution is -0.150. The van der Waals surface area contributed by atoms with Crippen LogP contribution < -0.4 is 0 Å². The van der Waals surface area contributed by atoms with E-state index in [0.29, 0.717) is 13.2 Å². The predicted molar refractivity (Wildman–Crippen MR) is 54.1 cm³/mol. The molecule has 0 saturated heterocycles. The molecule has 2 unspecified atom stereocenters. The standard InChI is InChI=1S/C9H16Cl2O2/c1-4-12-8(13-5-2)7-6(3)9(7,10)11/h6-8H,4-5H2,1-3H3. The van der Waals surface area contributed by atoms with Crippen molar-refractivity contribution in [2.24, 2.45) is 11.8 Å². The molecule has 4 heteroatoms. The Hall–Kier alpha value is 0.500. The quantitative estimate of drug-likeness (QED) is 0.531. The third-order valence-electron chi connectivity index (χ3n) is 2.44. The van der Waals surface area contributed by atoms with E-state index >= 15 is 0 Å². The predicted octanol–water partition coefficient (Wildman–Crippen LogP) is 2.83. The minimum atomic E-state index is -0.658. The molecule has 78 valence electrons. The summed E-state index contributed by atoms with van der Waals surface area (Å²) in [6, 6.07) is 0. The second-order valence-electron chi connectivity index (χ2n) is 3.27. The van der Waals surface area contributed by atoms with Crippen LogP contribution >= 0.6 is 23.2 Å². The van der Waals surface area contributed by atoms with Gasteiger partial charge in [0.2, 0.25) is 0 Å². The number of hydrogen-bond acceptors (Lipinski definition) is 2. The summed E-state index contributed by atoms with van der Waals surface area (Å²) in [5.74, 6) is 0.356. The van der Waals surface area contributed by atoms with Gasteiger partial charge in [-0.15, -0.1) is 23.2 Å². The van der Waals surface area contributed by atoms with Gasteiger partial charge in [-0.3, -0.25) is 0 Å². The van der Waals surface area contributed by atoms with E-state index in [2.05, 4.69) is 0 Å². The molecule has 1 aliphatic carbocycles. The largest absolute Gasteiger partial charge is 0.353 e. The highest BCUT2D eigenvalue weighted by Crippen LogP contribution is 2.61. The van der Waals surface area contributed by atoms with Crippen LogP contribution in [0.25, 0.3) is 0 Å². The SMILES string of the molecule is CCOC(OCC)C1C(C)C1(Cl)Cl. The molecule has 1 aliphatic rings. The Bertz CT molecular complexity index is 167. The first-order valence-corrected chi connectivity index (χ1v) is 5.42. The van der Waals surface area contributed by atoms with Crippen LogP contribution in [0.3, 0.4) is 0 Å². The summed E-state index contributed by atoms with van der Waals surface area (Å²) >= 11 is 12.1. The molecule has 0 aromatic heterocycles. The molecular weight excluding hydrogens is 211 g/mol. The number of ether oxygens (including phenoxy) is 2. The normalized spacial score (nSPS) is 30.9. The van der Waals surface area contributed by atoms with Crippen molar-refractivity contribution >= 4 is 23.2 Å². The van der Waals surface area contributed by atoms with Gasteiger partial charge in [0.15, 0.2) is 6.29 Å². The van der Waals surface area contributed by atoms with Gasteiger partial charge < -0.3 is 9.47 Å². The Labute approximate surface area is 89.5 Å². The Morgan fingerprint density at radius 3 is 1.85 bits per heavy atom. The van der Waals surface area contributed by atoms with E-state index in [9.17, 15) is 0 Å². The lowest BCUT2D eigenvalue weighted by atomic mass is 10.3. The Kier molecular flexibility index (Phi) is 3.87. The first-order chi connectivity index (χ1) is 6.05. The zero-order valence-electron chi connectivity index (χ0n) is 8.22. The Morgan fingerprint density at radius 1 is 1.23 bits per heavy atom. The maximum absolute atomic E-state index is 6.03. The van der Waals surface area contributed by atoms with Gasteiger partial charge in [0, 0.05) is 25.0 Å². The summed E-state index contributed by atoms with van der Waals surface area (Å²) in [4.78, 5) is 0. The van der Waals surface area contributed by atoms with Gasteiger partial charge in [-0.05, 0) is 13.8 Å². The summed E-state index contributed by atoms with van der Waals surface area (Å²) in [6.07, 6.45) is -0.250. The van der Waals surface area contributed by atoms with Crippen LogP contribution in [0.1, 0.15) is 20.8 Å². The maximum Gasteiger partial charge on any atom is 0.163 e. The summed E-state index contributed by atoms with van der Waals surface area (Å²) in [7, 11) is 0. The molecule has 1 rings (SSSR count). The molecule has 2 nitrogen and oxygen atoms in total. The molecular formula is C9H16Cl2O2. The van der Waals surface area contributed by atoms with E-state index in [1.165, 1.54) is 0 Å². The van der Waals surface area contributed by atoms with Gasteiger partial charge in [-0.1, -0.05) is 6.92 Å². The van der Waals surface area contributed by atoms with E-state index in [1.54, 1.807) is 0 Å². The van der Waals surface area contributed by atoms with Gasteiger partial charge in [-0.25, -0.2) is 0 Å². The van der Waals surface area contributed by atoms with Crippen LogP contribution in [-0.2, 0) is 9.47 Å². The van der Waals surface area contributed by atoms with E-state index in [-0.39, 0.29) is 18.1 Å².